The molecule has 18 rings (SSSR count). The number of anilines is 4. The van der Waals surface area contributed by atoms with E-state index < -0.39 is 164 Å². The van der Waals surface area contributed by atoms with Gasteiger partial charge >= 0.3 is 12.0 Å². The summed E-state index contributed by atoms with van der Waals surface area (Å²) in [7, 11) is 0. The predicted molar refractivity (Wildman–Crippen MR) is 517 cm³/mol. The van der Waals surface area contributed by atoms with Gasteiger partial charge in [0.25, 0.3) is 29.6 Å². The van der Waals surface area contributed by atoms with Crippen molar-refractivity contribution >= 4 is 167 Å². The number of nitrogens with one attached hydrogen (secondary N) is 5. The number of rotatable bonds is 21. The molecule has 12 aromatic rings. The lowest BCUT2D eigenvalue weighted by atomic mass is 10.0. The van der Waals surface area contributed by atoms with Crippen LogP contribution in [0, 0.1) is 17.5 Å². The summed E-state index contributed by atoms with van der Waals surface area (Å²) >= 11 is 18.7. The lowest BCUT2D eigenvalue weighted by molar-refractivity contribution is -0.137. The second-order valence-corrected chi connectivity index (χ2v) is 35.9. The van der Waals surface area contributed by atoms with Gasteiger partial charge in [-0.3, -0.25) is 57.2 Å². The first-order valence-electron chi connectivity index (χ1n) is 45.3. The zero-order valence-corrected chi connectivity index (χ0v) is 79.1. The number of benzene rings is 9. The zero-order chi connectivity index (χ0) is 104. The Kier molecular flexibility index (Phi) is 33.5. The Morgan fingerprint density at radius 3 is 1.22 bits per heavy atom. The molecule has 6 saturated heterocycles. The molecular formula is C99H92Cl3F10N19O14. The Morgan fingerprint density at radius 1 is 0.490 bits per heavy atom. The van der Waals surface area contributed by atoms with Gasteiger partial charge in [0.15, 0.2) is 34.5 Å². The van der Waals surface area contributed by atoms with Crippen LogP contribution in [0.5, 0.6) is 0 Å². The first-order chi connectivity index (χ1) is 69.1. The molecule has 0 saturated carbocycles. The number of nitrogens with zero attached hydrogens (tertiary/aromatic N) is 11. The van der Waals surface area contributed by atoms with Gasteiger partial charge in [0, 0.05) is 116 Å². The first-order valence-corrected chi connectivity index (χ1v) is 46.5. The summed E-state index contributed by atoms with van der Waals surface area (Å²) in [6.07, 6.45) is -0.512. The number of carbonyl (C=O) groups is 11. The van der Waals surface area contributed by atoms with Crippen molar-refractivity contribution < 1.29 is 111 Å². The van der Waals surface area contributed by atoms with Crippen molar-refractivity contribution in [1.82, 2.24) is 54.3 Å². The van der Waals surface area contributed by atoms with Gasteiger partial charge in [-0.25, -0.2) is 58.3 Å². The molecule has 33 nitrogen and oxygen atoms in total. The number of carbonyl (C=O) groups excluding carboxylic acids is 11. The molecule has 11 amide bonds. The predicted octanol–water partition coefficient (Wildman–Crippen LogP) is 15.6. The molecule has 0 radical (unpaired) electrons. The number of isocyanates is 1. The van der Waals surface area contributed by atoms with Crippen LogP contribution in [-0.2, 0) is 57.9 Å². The van der Waals surface area contributed by atoms with Gasteiger partial charge < -0.3 is 73.2 Å². The summed E-state index contributed by atoms with van der Waals surface area (Å²) in [5.41, 5.74) is 18.0. The van der Waals surface area contributed by atoms with Crippen molar-refractivity contribution in [1.29, 1.82) is 0 Å². The third kappa shape index (κ3) is 25.2. The van der Waals surface area contributed by atoms with Crippen LogP contribution < -0.4 is 43.8 Å². The summed E-state index contributed by atoms with van der Waals surface area (Å²) in [6, 6.07) is 40.9. The average molecular weight is 2070 g/mol. The Morgan fingerprint density at radius 2 is 0.876 bits per heavy atom. The zero-order valence-electron chi connectivity index (χ0n) is 76.8. The lowest BCUT2D eigenvalue weighted by Crippen LogP contribution is -2.47. The molecule has 6 fully saturated rings. The van der Waals surface area contributed by atoms with Crippen LogP contribution in [0.25, 0.3) is 66.1 Å². The standard InChI is InChI=1S/C33H30ClF4N7O4.C28H21ClF2N6O4.C28H22ClF2N5O5.C5H9F2N.C5H10O/c34-23-7-2-1-5-20(23)21-6-3-8-24(28(21)36)41-31(48)26-13-18(35)15-44(26)27(46)16-45-25-10-9-19(14-22(25)29(42-45)30(39)47)40-32(49)43-12-4-11-33(37,38)17-43;29-20-6-2-1-4-17(20)18-5-3-7-21(25(18)31)34-28(41)23-10-15(30)12-36(23)24(39)13-37-22-9-8-16(33-14-38)11-19(22)26(35-37)27(32)40;29-19-6-2-1-4-16(19)17-5-3-7-20(24(17)31)33-27(39)22-11-15(30)12-35(22)23(37)13-36-21-9-8-14(28(40)41)10-18(21)25(34-36)26(32)38;6-5(7)2-1-3-8-4-5;1-5-3-2-4-6-5/h1-3,5-10,14,18,26H,4,11-13,15-17H2,(H2,39,47)(H,40,49)(H,41,48);1-9,11,15,23H,10,12-13H2,(H2,32,40)(H,34,41);1-10,15,22H,11-13H2,(H2,32,38)(H,33,39)(H,40,41);8H,1-4H2;5H,2-4H2,1H3/t18-,26+;15-,23+;15-,22+;;/m111../s1. The highest BCUT2D eigenvalue weighted by atomic mass is 35.5. The molecule has 6 aliphatic rings. The van der Waals surface area contributed by atoms with Crippen LogP contribution in [0.15, 0.2) is 187 Å². The van der Waals surface area contributed by atoms with E-state index in [-0.39, 0.29) is 160 Å². The minimum absolute atomic E-state index is 0.0556. The highest BCUT2D eigenvalue weighted by molar-refractivity contribution is 6.34. The van der Waals surface area contributed by atoms with E-state index in [1.165, 1.54) is 133 Å². The number of aliphatic imine (C=N–C) groups is 1. The van der Waals surface area contributed by atoms with Crippen molar-refractivity contribution in [3.8, 4) is 33.4 Å². The van der Waals surface area contributed by atoms with E-state index in [9.17, 15) is 93.4 Å². The molecule has 145 heavy (non-hydrogen) atoms. The van der Waals surface area contributed by atoms with Gasteiger partial charge in [0.05, 0.1) is 83.7 Å². The molecular weight excluding hydrogens is 1980 g/mol. The fourth-order valence-corrected chi connectivity index (χ4v) is 18.2. The number of alkyl halides is 7. The number of aromatic carboxylic acids is 1. The molecule has 6 aliphatic heterocycles. The second kappa shape index (κ2) is 46.0. The van der Waals surface area contributed by atoms with Gasteiger partial charge in [-0.15, -0.1) is 0 Å². The summed E-state index contributed by atoms with van der Waals surface area (Å²) in [5, 5.41) is 35.6. The summed E-state index contributed by atoms with van der Waals surface area (Å²) in [6.45, 7) is 0.510. The number of hydrogen-bond donors (Lipinski definition) is 9. The second-order valence-electron chi connectivity index (χ2n) is 34.6. The number of amides is 11. The van der Waals surface area contributed by atoms with Crippen LogP contribution in [0.2, 0.25) is 15.1 Å². The maximum absolute atomic E-state index is 15.5. The first kappa shape index (κ1) is 106. The number of likely N-dealkylation sites (tertiary alicyclic amines) is 4. The van der Waals surface area contributed by atoms with Crippen LogP contribution in [0.3, 0.4) is 0 Å². The van der Waals surface area contributed by atoms with E-state index in [4.69, 9.17) is 56.7 Å². The molecule has 9 heterocycles. The molecule has 1 unspecified atom stereocenters. The van der Waals surface area contributed by atoms with Crippen LogP contribution in [-0.4, -0.2) is 232 Å². The van der Waals surface area contributed by atoms with Crippen LogP contribution in [0.1, 0.15) is 107 Å². The van der Waals surface area contributed by atoms with Gasteiger partial charge in [-0.05, 0) is 130 Å². The van der Waals surface area contributed by atoms with Crippen molar-refractivity contribution in [2.75, 3.05) is 73.7 Å². The van der Waals surface area contributed by atoms with Gasteiger partial charge in [0.2, 0.25) is 41.5 Å². The number of primary amides is 3. The van der Waals surface area contributed by atoms with Gasteiger partial charge in [-0.2, -0.15) is 20.3 Å². The number of fused-ring (bicyclic) bond motifs is 3. The van der Waals surface area contributed by atoms with Crippen LogP contribution in [0.4, 0.5) is 77.1 Å². The van der Waals surface area contributed by atoms with Crippen molar-refractivity contribution in [3.63, 3.8) is 0 Å². The third-order valence-corrected chi connectivity index (χ3v) is 25.4. The number of nitrogens with two attached hydrogens (primary N) is 3. The molecule has 758 valence electrons. The molecule has 3 aromatic heterocycles. The fraction of sp³-hybridized carbons (Fsp3) is 0.303. The number of halogens is 13. The van der Waals surface area contributed by atoms with E-state index in [1.807, 2.05) is 0 Å². The van der Waals surface area contributed by atoms with Crippen molar-refractivity contribution in [2.24, 2.45) is 22.2 Å². The van der Waals surface area contributed by atoms with Gasteiger partial charge in [-0.1, -0.05) is 126 Å². The van der Waals surface area contributed by atoms with E-state index in [1.54, 1.807) is 72.8 Å². The molecule has 9 aromatic carbocycles. The lowest BCUT2D eigenvalue weighted by Gasteiger charge is -2.32. The normalized spacial score (nSPS) is 18.6. The Labute approximate surface area is 833 Å². The maximum Gasteiger partial charge on any atom is 0.335 e. The number of piperidine rings is 2. The molecule has 0 spiro atoms. The van der Waals surface area contributed by atoms with Crippen molar-refractivity contribution in [3.05, 3.63) is 237 Å². The third-order valence-electron chi connectivity index (χ3n) is 24.5. The highest BCUT2D eigenvalue weighted by Gasteiger charge is 2.45. The van der Waals surface area contributed by atoms with E-state index in [0.717, 1.165) is 42.1 Å². The number of aromatic nitrogens is 6. The number of hydrogen-bond acceptors (Lipinski definition) is 18. The number of carboxylic acid groups (broad SMARTS) is 1. The summed E-state index contributed by atoms with van der Waals surface area (Å²) < 4.78 is 151. The molecule has 0 aliphatic carbocycles. The highest BCUT2D eigenvalue weighted by Crippen LogP contribution is 2.40. The Balaban J connectivity index is 0.000000161. The van der Waals surface area contributed by atoms with Gasteiger partial charge in [0.1, 0.15) is 56.3 Å². The molecule has 7 atom stereocenters. The largest absolute Gasteiger partial charge is 0.478 e. The van der Waals surface area contributed by atoms with Crippen molar-refractivity contribution in [2.45, 2.75) is 139 Å². The number of carboxylic acids is 1. The average Bonchev–Trinajstić information content (AvgIpc) is 1.77. The molecule has 12 N–H and O–H groups in total. The number of ether oxygens (including phenoxy) is 1. The SMILES string of the molecule is CC1CCCO1.FC1(F)CCCNC1.NC(=O)c1nn(CC(=O)N2C[C@H](F)C[C@H]2C(=O)Nc2cccc(-c3ccccc3Cl)c2F)c2ccc(C(=O)O)cc12.NC(=O)c1nn(CC(=O)N2C[C@H](F)C[C@H]2C(=O)Nc2cccc(-c3ccccc3Cl)c2F)c2ccc(N=C=O)cc12.NC(=O)c1nn(CC(=O)N2C[C@H](F)C[C@H]2C(=O)Nc2cccc(-c3ccccc3Cl)c2F)c2ccc(NC(=O)N3CCCC(F)(F)C3)cc12. The van der Waals surface area contributed by atoms with E-state index in [2.05, 4.69) is 53.8 Å². The molecule has 0 bridgehead atoms. The van der Waals surface area contributed by atoms with E-state index >= 15 is 13.2 Å². The Hall–Kier alpha value is -15.2. The molecule has 46 heteroatoms. The number of urea groups is 1. The van der Waals surface area contributed by atoms with E-state index in [0.29, 0.717) is 49.8 Å². The minimum Gasteiger partial charge on any atom is -0.478 e. The maximum atomic E-state index is 15.5. The quantitative estimate of drug-likeness (QED) is 0.0183. The monoisotopic (exact) mass is 2070 g/mol. The smallest absolute Gasteiger partial charge is 0.335 e. The fourth-order valence-electron chi connectivity index (χ4n) is 17.5. The topological polar surface area (TPSA) is 451 Å². The summed E-state index contributed by atoms with van der Waals surface area (Å²) in [5.74, 6) is -16.1. The minimum atomic E-state index is -3.00. The summed E-state index contributed by atoms with van der Waals surface area (Å²) in [4.78, 5) is 158. The Bertz CT molecular complexity index is 6820. The van der Waals surface area contributed by atoms with Crippen LogP contribution >= 0.6 is 34.8 Å².